The summed E-state index contributed by atoms with van der Waals surface area (Å²) in [5.74, 6) is 0.567. The maximum absolute atomic E-state index is 10.9. The topological polar surface area (TPSA) is 56.0 Å². The summed E-state index contributed by atoms with van der Waals surface area (Å²) in [5.41, 5.74) is 3.45. The standard InChI is InChI=1S/C13H18N2O2/c1-9(2)7-10-5-6-14-13-4-3-11(15(16)17)8-12(10)13/h5-6,9,11H,3-4,7-8H2,1-2H3. The number of aromatic nitrogens is 1. The van der Waals surface area contributed by atoms with Crippen LogP contribution in [-0.2, 0) is 19.3 Å². The van der Waals surface area contributed by atoms with Gasteiger partial charge in [-0.05, 0) is 36.0 Å². The summed E-state index contributed by atoms with van der Waals surface area (Å²) in [6.07, 6.45) is 4.74. The average molecular weight is 234 g/mol. The molecule has 0 aliphatic heterocycles. The highest BCUT2D eigenvalue weighted by atomic mass is 16.6. The van der Waals surface area contributed by atoms with Crippen LogP contribution >= 0.6 is 0 Å². The average Bonchev–Trinajstić information content (AvgIpc) is 2.28. The van der Waals surface area contributed by atoms with Gasteiger partial charge >= 0.3 is 0 Å². The third-order valence-corrected chi connectivity index (χ3v) is 3.32. The van der Waals surface area contributed by atoms with Crippen molar-refractivity contribution in [2.24, 2.45) is 5.92 Å². The van der Waals surface area contributed by atoms with Crippen LogP contribution in [0.1, 0.15) is 37.1 Å². The second-order valence-electron chi connectivity index (χ2n) is 5.18. The number of fused-ring (bicyclic) bond motifs is 1. The van der Waals surface area contributed by atoms with Gasteiger partial charge in [0.1, 0.15) is 0 Å². The highest BCUT2D eigenvalue weighted by Crippen LogP contribution is 2.25. The molecule has 17 heavy (non-hydrogen) atoms. The van der Waals surface area contributed by atoms with Crippen LogP contribution < -0.4 is 0 Å². The molecule has 2 rings (SSSR count). The molecule has 0 fully saturated rings. The van der Waals surface area contributed by atoms with Crippen molar-refractivity contribution in [2.45, 2.75) is 45.6 Å². The van der Waals surface area contributed by atoms with Crippen molar-refractivity contribution in [1.82, 2.24) is 4.98 Å². The van der Waals surface area contributed by atoms with Crippen LogP contribution in [-0.4, -0.2) is 15.9 Å². The Morgan fingerprint density at radius 2 is 2.35 bits per heavy atom. The minimum absolute atomic E-state index is 0.144. The Balaban J connectivity index is 2.29. The molecule has 0 saturated carbocycles. The number of aryl methyl sites for hydroxylation is 1. The van der Waals surface area contributed by atoms with Crippen LogP contribution in [0, 0.1) is 16.0 Å². The molecule has 1 aliphatic carbocycles. The summed E-state index contributed by atoms with van der Waals surface area (Å²) in [5, 5.41) is 10.9. The molecule has 4 heteroatoms. The van der Waals surface area contributed by atoms with E-state index >= 15 is 0 Å². The zero-order valence-corrected chi connectivity index (χ0v) is 10.3. The van der Waals surface area contributed by atoms with Gasteiger partial charge in [0.15, 0.2) is 0 Å². The summed E-state index contributed by atoms with van der Waals surface area (Å²) in [4.78, 5) is 15.1. The second-order valence-corrected chi connectivity index (χ2v) is 5.18. The zero-order valence-electron chi connectivity index (χ0n) is 10.3. The Labute approximate surface area is 101 Å². The van der Waals surface area contributed by atoms with E-state index in [0.717, 1.165) is 24.1 Å². The van der Waals surface area contributed by atoms with E-state index in [1.54, 1.807) is 0 Å². The molecule has 92 valence electrons. The van der Waals surface area contributed by atoms with E-state index in [4.69, 9.17) is 0 Å². The van der Waals surface area contributed by atoms with Gasteiger partial charge in [-0.1, -0.05) is 13.8 Å². The van der Waals surface area contributed by atoms with Gasteiger partial charge in [0.05, 0.1) is 0 Å². The van der Waals surface area contributed by atoms with Crippen molar-refractivity contribution in [1.29, 1.82) is 0 Å². The Morgan fingerprint density at radius 3 is 3.00 bits per heavy atom. The van der Waals surface area contributed by atoms with Crippen LogP contribution in [0.3, 0.4) is 0 Å². The van der Waals surface area contributed by atoms with Crippen LogP contribution in [0.25, 0.3) is 0 Å². The van der Waals surface area contributed by atoms with Gasteiger partial charge in [-0.15, -0.1) is 0 Å². The molecular formula is C13H18N2O2. The van der Waals surface area contributed by atoms with Crippen molar-refractivity contribution in [3.63, 3.8) is 0 Å². The van der Waals surface area contributed by atoms with Gasteiger partial charge < -0.3 is 0 Å². The molecule has 0 bridgehead atoms. The molecular weight excluding hydrogens is 216 g/mol. The number of nitro groups is 1. The van der Waals surface area contributed by atoms with E-state index in [1.807, 2.05) is 12.3 Å². The third kappa shape index (κ3) is 2.62. The highest BCUT2D eigenvalue weighted by molar-refractivity contribution is 5.33. The SMILES string of the molecule is CC(C)Cc1ccnc2c1CC([N+](=O)[O-])CC2. The summed E-state index contributed by atoms with van der Waals surface area (Å²) < 4.78 is 0. The lowest BCUT2D eigenvalue weighted by Gasteiger charge is -2.21. The molecule has 4 nitrogen and oxygen atoms in total. The van der Waals surface area contributed by atoms with Crippen molar-refractivity contribution in [3.8, 4) is 0 Å². The molecule has 0 amide bonds. The van der Waals surface area contributed by atoms with Crippen molar-refractivity contribution < 1.29 is 4.92 Å². The van der Waals surface area contributed by atoms with Crippen LogP contribution in [0.5, 0.6) is 0 Å². The molecule has 0 radical (unpaired) electrons. The van der Waals surface area contributed by atoms with Gasteiger partial charge in [-0.2, -0.15) is 0 Å². The Morgan fingerprint density at radius 1 is 1.59 bits per heavy atom. The first-order chi connectivity index (χ1) is 8.08. The summed E-state index contributed by atoms with van der Waals surface area (Å²) >= 11 is 0. The highest BCUT2D eigenvalue weighted by Gasteiger charge is 2.29. The minimum atomic E-state index is -0.419. The first kappa shape index (κ1) is 12.0. The lowest BCUT2D eigenvalue weighted by atomic mass is 9.86. The number of hydrogen-bond donors (Lipinski definition) is 0. The van der Waals surface area contributed by atoms with Crippen LogP contribution in [0.2, 0.25) is 0 Å². The van der Waals surface area contributed by atoms with Gasteiger partial charge in [0.2, 0.25) is 6.04 Å². The molecule has 0 aromatic carbocycles. The Bertz CT molecular complexity index is 429. The van der Waals surface area contributed by atoms with Gasteiger partial charge in [-0.25, -0.2) is 0 Å². The summed E-state index contributed by atoms with van der Waals surface area (Å²) in [6.45, 7) is 4.33. The smallest absolute Gasteiger partial charge is 0.217 e. The fourth-order valence-corrected chi connectivity index (χ4v) is 2.50. The predicted octanol–water partition coefficient (Wildman–Crippen LogP) is 2.41. The van der Waals surface area contributed by atoms with Crippen LogP contribution in [0.4, 0.5) is 0 Å². The van der Waals surface area contributed by atoms with E-state index in [1.165, 1.54) is 5.56 Å². The lowest BCUT2D eigenvalue weighted by Crippen LogP contribution is -2.28. The first-order valence-electron chi connectivity index (χ1n) is 6.17. The molecule has 1 aromatic rings. The maximum atomic E-state index is 10.9. The molecule has 1 unspecified atom stereocenters. The molecule has 1 aromatic heterocycles. The normalized spacial score (nSPS) is 19.1. The molecule has 0 spiro atoms. The second kappa shape index (κ2) is 4.82. The predicted molar refractivity (Wildman–Crippen MR) is 65.6 cm³/mol. The molecule has 0 saturated heterocycles. The number of pyridine rings is 1. The fourth-order valence-electron chi connectivity index (χ4n) is 2.50. The van der Waals surface area contributed by atoms with Gasteiger partial charge in [0.25, 0.3) is 0 Å². The summed E-state index contributed by atoms with van der Waals surface area (Å²) in [7, 11) is 0. The van der Waals surface area contributed by atoms with E-state index in [9.17, 15) is 10.1 Å². The number of hydrogen-bond acceptors (Lipinski definition) is 3. The minimum Gasteiger partial charge on any atom is -0.264 e. The number of rotatable bonds is 3. The fraction of sp³-hybridized carbons (Fsp3) is 0.615. The van der Waals surface area contributed by atoms with Crippen molar-refractivity contribution in [3.05, 3.63) is 39.2 Å². The number of nitrogens with zero attached hydrogens (tertiary/aromatic N) is 2. The van der Waals surface area contributed by atoms with E-state index in [0.29, 0.717) is 18.8 Å². The van der Waals surface area contributed by atoms with Crippen molar-refractivity contribution >= 4 is 0 Å². The quantitative estimate of drug-likeness (QED) is 0.596. The molecule has 1 heterocycles. The van der Waals surface area contributed by atoms with E-state index < -0.39 is 6.04 Å². The summed E-state index contributed by atoms with van der Waals surface area (Å²) in [6, 6.07) is 1.60. The van der Waals surface area contributed by atoms with Crippen LogP contribution in [0.15, 0.2) is 12.3 Å². The van der Waals surface area contributed by atoms with Gasteiger partial charge in [0, 0.05) is 29.7 Å². The molecule has 0 N–H and O–H groups in total. The van der Waals surface area contributed by atoms with Crippen molar-refractivity contribution in [2.75, 3.05) is 0 Å². The lowest BCUT2D eigenvalue weighted by molar-refractivity contribution is -0.523. The van der Waals surface area contributed by atoms with E-state index in [2.05, 4.69) is 18.8 Å². The first-order valence-corrected chi connectivity index (χ1v) is 6.17. The monoisotopic (exact) mass is 234 g/mol. The molecule has 1 atom stereocenters. The maximum Gasteiger partial charge on any atom is 0.217 e. The zero-order chi connectivity index (χ0) is 12.4. The largest absolute Gasteiger partial charge is 0.264 e. The third-order valence-electron chi connectivity index (χ3n) is 3.32. The Hall–Kier alpha value is -1.45. The van der Waals surface area contributed by atoms with Gasteiger partial charge in [-0.3, -0.25) is 15.1 Å². The molecule has 1 aliphatic rings. The Kier molecular flexibility index (Phi) is 3.41. The van der Waals surface area contributed by atoms with E-state index in [-0.39, 0.29) is 4.92 Å².